The summed E-state index contributed by atoms with van der Waals surface area (Å²) in [5, 5.41) is 24.3. The van der Waals surface area contributed by atoms with E-state index in [1.807, 2.05) is 0 Å². The number of nitrogens with two attached hydrogens (primary N) is 1. The van der Waals surface area contributed by atoms with Crippen LogP contribution in [0.15, 0.2) is 4.36 Å². The minimum atomic E-state index is -2.66. The summed E-state index contributed by atoms with van der Waals surface area (Å²) in [6.45, 7) is 0.465. The normalized spacial score (nSPS) is 10.7. The maximum atomic E-state index is 10.4. The maximum Gasteiger partial charge on any atom is 0.329 e. The number of carboxylic acid groups (broad SMARTS) is 3. The zero-order chi connectivity index (χ0) is 16.8. The lowest BCUT2D eigenvalue weighted by Crippen LogP contribution is -2.17. The first-order valence-electron chi connectivity index (χ1n) is 5.87. The molecule has 21 heavy (non-hydrogen) atoms. The van der Waals surface area contributed by atoms with Gasteiger partial charge in [0.15, 0.2) is 6.04 Å². The van der Waals surface area contributed by atoms with Gasteiger partial charge in [-0.05, 0) is 25.8 Å². The van der Waals surface area contributed by atoms with Crippen molar-refractivity contribution >= 4 is 28.4 Å². The third-order valence-electron chi connectivity index (χ3n) is 1.98. The first-order valence-corrected chi connectivity index (χ1v) is 6.90. The summed E-state index contributed by atoms with van der Waals surface area (Å²) in [6.07, 6.45) is 0.851. The van der Waals surface area contributed by atoms with Crippen LogP contribution in [0.4, 0.5) is 0 Å². The number of carbonyl (C=O) groups is 3. The lowest BCUT2D eigenvalue weighted by Gasteiger charge is -2.02. The monoisotopic (exact) mass is 326 g/mol. The molecule has 11 heteroatoms. The fraction of sp³-hybridized carbons (Fsp3) is 0.700. The molecule has 0 rings (SSSR count). The summed E-state index contributed by atoms with van der Waals surface area (Å²) in [4.78, 5) is 29.7. The molecule has 0 aliphatic heterocycles. The molecular weight excluding hydrogens is 308 g/mol. The predicted octanol–water partition coefficient (Wildman–Crippen LogP) is -0.433. The molecule has 0 aliphatic rings. The van der Waals surface area contributed by atoms with Crippen molar-refractivity contribution in [1.82, 2.24) is 0 Å². The lowest BCUT2D eigenvalue weighted by molar-refractivity contribution is -0.143. The molecule has 0 aromatic carbocycles. The summed E-state index contributed by atoms with van der Waals surface area (Å²) in [5.74, 6) is -3.37. The van der Waals surface area contributed by atoms with Gasteiger partial charge in [-0.2, -0.15) is 12.8 Å². The van der Waals surface area contributed by atoms with Crippen LogP contribution in [-0.4, -0.2) is 54.2 Å². The van der Waals surface area contributed by atoms with E-state index in [9.17, 15) is 22.8 Å². The number of unbranched alkanes of at least 4 members (excludes halogenated alkanes) is 1. The van der Waals surface area contributed by atoms with Crippen molar-refractivity contribution in [3.8, 4) is 0 Å². The first kappa shape index (κ1) is 21.3. The molecule has 5 N–H and O–H groups in total. The highest BCUT2D eigenvalue weighted by molar-refractivity contribution is 7.61. The van der Waals surface area contributed by atoms with Gasteiger partial charge in [-0.15, -0.1) is 0 Å². The van der Waals surface area contributed by atoms with Gasteiger partial charge < -0.3 is 21.1 Å². The molecule has 0 radical (unpaired) electrons. The van der Waals surface area contributed by atoms with Gasteiger partial charge in [0.05, 0.1) is 12.8 Å². The molecule has 0 amide bonds. The largest absolute Gasteiger partial charge is 0.481 e. The average molecular weight is 326 g/mol. The second-order valence-corrected chi connectivity index (χ2v) is 4.39. The van der Waals surface area contributed by atoms with E-state index in [-0.39, 0.29) is 19.3 Å². The van der Waals surface area contributed by atoms with Crippen molar-refractivity contribution in [1.29, 1.82) is 0 Å². The highest BCUT2D eigenvalue weighted by Gasteiger charge is 2.15. The van der Waals surface area contributed by atoms with Gasteiger partial charge in [0.2, 0.25) is 0 Å². The van der Waals surface area contributed by atoms with Crippen molar-refractivity contribution in [3.05, 3.63) is 0 Å². The van der Waals surface area contributed by atoms with Gasteiger partial charge in [-0.1, -0.05) is 0 Å². The standard InChI is InChI=1S/C6H12N2O4S.C4H6O4/c7-4-2-1-3-5(6(9)10)8-13(11)12;5-3(6)1-2-4(7)8/h5H,1-4,7H2,(H,9,10);1-2H2,(H,5,6)(H,7,8). The number of carboxylic acids is 3. The fourth-order valence-corrected chi connectivity index (χ4v) is 1.42. The van der Waals surface area contributed by atoms with Gasteiger partial charge in [0.1, 0.15) is 0 Å². The molecule has 1 atom stereocenters. The van der Waals surface area contributed by atoms with Gasteiger partial charge in [-0.25, -0.2) is 4.79 Å². The average Bonchev–Trinajstić information content (AvgIpc) is 2.35. The lowest BCUT2D eigenvalue weighted by atomic mass is 10.1. The van der Waals surface area contributed by atoms with E-state index in [0.29, 0.717) is 19.4 Å². The van der Waals surface area contributed by atoms with E-state index < -0.39 is 34.5 Å². The maximum absolute atomic E-state index is 10.4. The Morgan fingerprint density at radius 1 is 1.00 bits per heavy atom. The van der Waals surface area contributed by atoms with Crippen LogP contribution in [0.5, 0.6) is 0 Å². The summed E-state index contributed by atoms with van der Waals surface area (Å²) in [6, 6.07) is -1.16. The molecule has 0 bridgehead atoms. The van der Waals surface area contributed by atoms with Gasteiger partial charge in [0.25, 0.3) is 0 Å². The zero-order valence-corrected chi connectivity index (χ0v) is 12.0. The summed E-state index contributed by atoms with van der Waals surface area (Å²) in [7, 11) is -2.66. The Morgan fingerprint density at radius 3 is 1.76 bits per heavy atom. The highest BCUT2D eigenvalue weighted by atomic mass is 32.2. The van der Waals surface area contributed by atoms with Crippen molar-refractivity contribution in [2.75, 3.05) is 6.54 Å². The molecule has 122 valence electrons. The summed E-state index contributed by atoms with van der Waals surface area (Å²) >= 11 is 0. The summed E-state index contributed by atoms with van der Waals surface area (Å²) in [5.41, 5.74) is 5.19. The number of nitrogens with zero attached hydrogens (tertiary/aromatic N) is 1. The smallest absolute Gasteiger partial charge is 0.329 e. The Balaban J connectivity index is 0. The molecule has 0 fully saturated rings. The van der Waals surface area contributed by atoms with Crippen LogP contribution < -0.4 is 5.73 Å². The SMILES string of the molecule is NCCCCC(N=S(=O)=O)C(=O)O.O=C(O)CCC(=O)O. The van der Waals surface area contributed by atoms with E-state index >= 15 is 0 Å². The van der Waals surface area contributed by atoms with Crippen molar-refractivity contribution in [2.24, 2.45) is 10.1 Å². The van der Waals surface area contributed by atoms with Crippen LogP contribution in [0.25, 0.3) is 0 Å². The molecular formula is C10H18N2O8S. The molecule has 0 aromatic rings. The number of hydrogen-bond acceptors (Lipinski definition) is 7. The Bertz CT molecular complexity index is 451. The Morgan fingerprint density at radius 2 is 1.48 bits per heavy atom. The van der Waals surface area contributed by atoms with E-state index in [2.05, 4.69) is 4.36 Å². The molecule has 0 saturated carbocycles. The molecule has 0 heterocycles. The number of aliphatic carboxylic acids is 3. The van der Waals surface area contributed by atoms with Crippen LogP contribution >= 0.6 is 0 Å². The van der Waals surface area contributed by atoms with E-state index in [0.717, 1.165) is 0 Å². The van der Waals surface area contributed by atoms with Crippen LogP contribution in [-0.2, 0) is 24.9 Å². The predicted molar refractivity (Wildman–Crippen MR) is 70.2 cm³/mol. The topological polar surface area (TPSA) is 184 Å². The molecule has 10 nitrogen and oxygen atoms in total. The van der Waals surface area contributed by atoms with Crippen LogP contribution in [0, 0.1) is 0 Å². The Labute approximate surface area is 122 Å². The minimum absolute atomic E-state index is 0.209. The second-order valence-electron chi connectivity index (χ2n) is 3.75. The molecule has 0 aromatic heterocycles. The van der Waals surface area contributed by atoms with Crippen LogP contribution in [0.2, 0.25) is 0 Å². The first-order chi connectivity index (χ1) is 9.70. The van der Waals surface area contributed by atoms with E-state index in [4.69, 9.17) is 21.1 Å². The molecule has 0 saturated heterocycles. The number of hydrogen-bond donors (Lipinski definition) is 4. The van der Waals surface area contributed by atoms with Crippen LogP contribution in [0.3, 0.4) is 0 Å². The van der Waals surface area contributed by atoms with E-state index in [1.54, 1.807) is 0 Å². The number of rotatable bonds is 9. The third-order valence-corrected chi connectivity index (χ3v) is 2.41. The van der Waals surface area contributed by atoms with Gasteiger partial charge in [-0.3, -0.25) is 9.59 Å². The minimum Gasteiger partial charge on any atom is -0.481 e. The Kier molecular flexibility index (Phi) is 13.2. The molecule has 0 aliphatic carbocycles. The summed E-state index contributed by atoms with van der Waals surface area (Å²) < 4.78 is 23.2. The van der Waals surface area contributed by atoms with Crippen molar-refractivity contribution in [3.63, 3.8) is 0 Å². The molecule has 0 spiro atoms. The molecule has 1 unspecified atom stereocenters. The van der Waals surface area contributed by atoms with Gasteiger partial charge in [0, 0.05) is 0 Å². The van der Waals surface area contributed by atoms with E-state index in [1.165, 1.54) is 0 Å². The van der Waals surface area contributed by atoms with Crippen molar-refractivity contribution < 1.29 is 38.1 Å². The quantitative estimate of drug-likeness (QED) is 0.408. The third kappa shape index (κ3) is 18.0. The van der Waals surface area contributed by atoms with Crippen LogP contribution in [0.1, 0.15) is 32.1 Å². The highest BCUT2D eigenvalue weighted by Crippen LogP contribution is 2.04. The fourth-order valence-electron chi connectivity index (χ4n) is 1.02. The van der Waals surface area contributed by atoms with Gasteiger partial charge >= 0.3 is 28.4 Å². The van der Waals surface area contributed by atoms with Crippen molar-refractivity contribution in [2.45, 2.75) is 38.1 Å². The second kappa shape index (κ2) is 13.0. The zero-order valence-electron chi connectivity index (χ0n) is 11.1. The Hall–Kier alpha value is -2.01.